The van der Waals surface area contributed by atoms with E-state index in [1.165, 1.54) is 4.90 Å². The lowest BCUT2D eigenvalue weighted by molar-refractivity contribution is 0.362. The fourth-order valence-corrected chi connectivity index (χ4v) is 2.56. The Morgan fingerprint density at radius 2 is 2.11 bits per heavy atom. The second-order valence-electron chi connectivity index (χ2n) is 4.46. The summed E-state index contributed by atoms with van der Waals surface area (Å²) in [5, 5.41) is 3.98. The summed E-state index contributed by atoms with van der Waals surface area (Å²) < 4.78 is 5.22. The molecule has 0 aliphatic heterocycles. The molecule has 0 radical (unpaired) electrons. The van der Waals surface area contributed by atoms with E-state index in [4.69, 9.17) is 10.3 Å². The number of nitrogens with two attached hydrogens (primary N) is 1. The summed E-state index contributed by atoms with van der Waals surface area (Å²) in [6.45, 7) is 2.12. The lowest BCUT2D eigenvalue weighted by Gasteiger charge is -2.05. The maximum Gasteiger partial charge on any atom is 0.228 e. The van der Waals surface area contributed by atoms with Gasteiger partial charge in [0.15, 0.2) is 5.82 Å². The third-order valence-corrected chi connectivity index (χ3v) is 3.73. The third kappa shape index (κ3) is 4.69. The maximum atomic E-state index is 5.96. The molecule has 19 heavy (non-hydrogen) atoms. The van der Waals surface area contributed by atoms with Crippen molar-refractivity contribution in [2.24, 2.45) is 5.73 Å². The molecular formula is C14H19N3OS. The highest BCUT2D eigenvalue weighted by molar-refractivity contribution is 7.98. The van der Waals surface area contributed by atoms with Gasteiger partial charge in [-0.25, -0.2) is 0 Å². The number of rotatable bonds is 7. The Morgan fingerprint density at radius 3 is 2.84 bits per heavy atom. The first-order valence-corrected chi connectivity index (χ1v) is 7.51. The van der Waals surface area contributed by atoms with E-state index >= 15 is 0 Å². The lowest BCUT2D eigenvalue weighted by atomic mass is 10.1. The number of nitrogens with zero attached hydrogens (tertiary/aromatic N) is 2. The molecule has 102 valence electrons. The van der Waals surface area contributed by atoms with Gasteiger partial charge in [0, 0.05) is 17.4 Å². The molecule has 2 N–H and O–H groups in total. The zero-order valence-electron chi connectivity index (χ0n) is 11.1. The van der Waals surface area contributed by atoms with Crippen molar-refractivity contribution in [1.82, 2.24) is 10.1 Å². The van der Waals surface area contributed by atoms with Crippen molar-refractivity contribution in [3.05, 3.63) is 42.0 Å². The second-order valence-corrected chi connectivity index (χ2v) is 5.51. The number of hydrogen-bond acceptors (Lipinski definition) is 5. The first kappa shape index (κ1) is 14.1. The first-order chi connectivity index (χ1) is 9.28. The summed E-state index contributed by atoms with van der Waals surface area (Å²) in [5.41, 5.74) is 5.96. The van der Waals surface area contributed by atoms with Crippen molar-refractivity contribution in [1.29, 1.82) is 0 Å². The van der Waals surface area contributed by atoms with Crippen LogP contribution in [0.15, 0.2) is 39.8 Å². The summed E-state index contributed by atoms with van der Waals surface area (Å²) in [7, 11) is 0. The smallest absolute Gasteiger partial charge is 0.228 e. The molecule has 0 bridgehead atoms. The standard InChI is InChI=1S/C14H19N3OS/c1-2-6-11(15)9-14-16-13(17-18-14)10-19-12-7-4-3-5-8-12/h3-5,7-8,11H,2,6,9-10,15H2,1H3. The van der Waals surface area contributed by atoms with E-state index < -0.39 is 0 Å². The molecular weight excluding hydrogens is 258 g/mol. The molecule has 1 aromatic heterocycles. The Morgan fingerprint density at radius 1 is 1.32 bits per heavy atom. The molecule has 0 saturated heterocycles. The number of hydrogen-bond donors (Lipinski definition) is 1. The highest BCUT2D eigenvalue weighted by atomic mass is 32.2. The fraction of sp³-hybridized carbons (Fsp3) is 0.429. The van der Waals surface area contributed by atoms with Crippen molar-refractivity contribution >= 4 is 11.8 Å². The average molecular weight is 277 g/mol. The van der Waals surface area contributed by atoms with Crippen LogP contribution in [0.25, 0.3) is 0 Å². The highest BCUT2D eigenvalue weighted by Gasteiger charge is 2.10. The van der Waals surface area contributed by atoms with Crippen LogP contribution in [0.2, 0.25) is 0 Å². The van der Waals surface area contributed by atoms with Gasteiger partial charge >= 0.3 is 0 Å². The minimum atomic E-state index is 0.111. The Kier molecular flexibility index (Phi) is 5.42. The normalized spacial score (nSPS) is 12.5. The summed E-state index contributed by atoms with van der Waals surface area (Å²) in [5.74, 6) is 2.09. The Balaban J connectivity index is 1.84. The SMILES string of the molecule is CCCC(N)Cc1nc(CSc2ccccc2)no1. The van der Waals surface area contributed by atoms with Crippen LogP contribution in [-0.4, -0.2) is 16.2 Å². The maximum absolute atomic E-state index is 5.96. The van der Waals surface area contributed by atoms with Gasteiger partial charge < -0.3 is 10.3 Å². The first-order valence-electron chi connectivity index (χ1n) is 6.53. The topological polar surface area (TPSA) is 64.9 Å². The molecule has 0 spiro atoms. The van der Waals surface area contributed by atoms with E-state index in [1.807, 2.05) is 18.2 Å². The third-order valence-electron chi connectivity index (χ3n) is 2.72. The van der Waals surface area contributed by atoms with Crippen LogP contribution < -0.4 is 5.73 Å². The van der Waals surface area contributed by atoms with Gasteiger partial charge in [-0.15, -0.1) is 11.8 Å². The summed E-state index contributed by atoms with van der Waals surface area (Å²) in [4.78, 5) is 5.57. The number of benzene rings is 1. The van der Waals surface area contributed by atoms with Crippen LogP contribution in [0.1, 0.15) is 31.5 Å². The second kappa shape index (κ2) is 7.31. The Bertz CT molecular complexity index is 486. The van der Waals surface area contributed by atoms with Crippen LogP contribution in [-0.2, 0) is 12.2 Å². The van der Waals surface area contributed by atoms with Gasteiger partial charge in [0.05, 0.1) is 5.75 Å². The van der Waals surface area contributed by atoms with E-state index in [0.717, 1.165) is 24.4 Å². The van der Waals surface area contributed by atoms with Crippen LogP contribution in [0.4, 0.5) is 0 Å². The minimum absolute atomic E-state index is 0.111. The van der Waals surface area contributed by atoms with Crippen molar-refractivity contribution in [3.8, 4) is 0 Å². The Hall–Kier alpha value is -1.33. The predicted molar refractivity (Wildman–Crippen MR) is 76.9 cm³/mol. The zero-order valence-corrected chi connectivity index (χ0v) is 11.9. The van der Waals surface area contributed by atoms with Gasteiger partial charge in [-0.2, -0.15) is 4.98 Å². The van der Waals surface area contributed by atoms with Gasteiger partial charge in [0.25, 0.3) is 0 Å². The molecule has 1 aromatic carbocycles. The quantitative estimate of drug-likeness (QED) is 0.788. The van der Waals surface area contributed by atoms with Gasteiger partial charge in [0.1, 0.15) is 0 Å². The van der Waals surface area contributed by atoms with Gasteiger partial charge in [-0.3, -0.25) is 0 Å². The van der Waals surface area contributed by atoms with E-state index in [2.05, 4.69) is 29.2 Å². The largest absolute Gasteiger partial charge is 0.339 e. The molecule has 2 aromatic rings. The lowest BCUT2D eigenvalue weighted by Crippen LogP contribution is -2.22. The summed E-state index contributed by atoms with van der Waals surface area (Å²) in [6, 6.07) is 10.3. The summed E-state index contributed by atoms with van der Waals surface area (Å²) >= 11 is 1.70. The van der Waals surface area contributed by atoms with Crippen LogP contribution in [0.5, 0.6) is 0 Å². The molecule has 1 atom stereocenters. The minimum Gasteiger partial charge on any atom is -0.339 e. The van der Waals surface area contributed by atoms with Crippen LogP contribution >= 0.6 is 11.8 Å². The molecule has 5 heteroatoms. The molecule has 0 aliphatic rings. The monoisotopic (exact) mass is 277 g/mol. The van der Waals surface area contributed by atoms with Gasteiger partial charge in [-0.1, -0.05) is 36.7 Å². The van der Waals surface area contributed by atoms with Crippen molar-refractivity contribution in [3.63, 3.8) is 0 Å². The molecule has 0 fully saturated rings. The number of thioether (sulfide) groups is 1. The molecule has 2 rings (SSSR count). The van der Waals surface area contributed by atoms with Crippen molar-refractivity contribution in [2.45, 2.75) is 42.9 Å². The van der Waals surface area contributed by atoms with E-state index in [1.54, 1.807) is 11.8 Å². The molecule has 0 aliphatic carbocycles. The molecule has 4 nitrogen and oxygen atoms in total. The zero-order chi connectivity index (χ0) is 13.5. The highest BCUT2D eigenvalue weighted by Crippen LogP contribution is 2.20. The predicted octanol–water partition coefficient (Wildman–Crippen LogP) is 3.03. The average Bonchev–Trinajstić information content (AvgIpc) is 2.85. The van der Waals surface area contributed by atoms with E-state index in [9.17, 15) is 0 Å². The van der Waals surface area contributed by atoms with Crippen LogP contribution in [0.3, 0.4) is 0 Å². The van der Waals surface area contributed by atoms with E-state index in [0.29, 0.717) is 12.3 Å². The van der Waals surface area contributed by atoms with Gasteiger partial charge in [0.2, 0.25) is 5.89 Å². The summed E-state index contributed by atoms with van der Waals surface area (Å²) in [6.07, 6.45) is 2.72. The molecule has 1 unspecified atom stereocenters. The molecule has 0 amide bonds. The Labute approximate surface area is 117 Å². The fourth-order valence-electron chi connectivity index (χ4n) is 1.79. The van der Waals surface area contributed by atoms with Crippen molar-refractivity contribution in [2.75, 3.05) is 0 Å². The molecule has 1 heterocycles. The van der Waals surface area contributed by atoms with Crippen molar-refractivity contribution < 1.29 is 4.52 Å². The van der Waals surface area contributed by atoms with Crippen LogP contribution in [0, 0.1) is 0 Å². The van der Waals surface area contributed by atoms with Gasteiger partial charge in [-0.05, 0) is 18.6 Å². The molecule has 0 saturated carbocycles. The van der Waals surface area contributed by atoms with E-state index in [-0.39, 0.29) is 6.04 Å². The number of aromatic nitrogens is 2.